The van der Waals surface area contributed by atoms with Crippen LogP contribution in [0.1, 0.15) is 54.4 Å². The number of rotatable bonds is 3. The van der Waals surface area contributed by atoms with Crippen LogP contribution in [-0.2, 0) is 0 Å². The number of hydrogen-bond acceptors (Lipinski definition) is 1. The third-order valence-electron chi connectivity index (χ3n) is 5.06. The van der Waals surface area contributed by atoms with E-state index in [1.807, 2.05) is 0 Å². The Labute approximate surface area is 144 Å². The highest BCUT2D eigenvalue weighted by Crippen LogP contribution is 2.42. The zero-order valence-corrected chi connectivity index (χ0v) is 13.9. The highest BCUT2D eigenvalue weighted by atomic mass is 19.2. The van der Waals surface area contributed by atoms with Gasteiger partial charge in [0.15, 0.2) is 17.5 Å². The predicted octanol–water partition coefficient (Wildman–Crippen LogP) is 5.76. The van der Waals surface area contributed by atoms with Gasteiger partial charge >= 0.3 is 5.97 Å². The maximum absolute atomic E-state index is 13.7. The van der Waals surface area contributed by atoms with Crippen LogP contribution in [0.5, 0.6) is 0 Å². The van der Waals surface area contributed by atoms with Gasteiger partial charge in [-0.1, -0.05) is 31.9 Å². The number of carboxylic acid groups (broad SMARTS) is 1. The van der Waals surface area contributed by atoms with Gasteiger partial charge in [-0.2, -0.15) is 0 Å². The third kappa shape index (κ3) is 3.41. The van der Waals surface area contributed by atoms with Crippen molar-refractivity contribution in [3.05, 3.63) is 58.9 Å². The molecule has 1 fully saturated rings. The van der Waals surface area contributed by atoms with E-state index in [0.29, 0.717) is 17.0 Å². The molecule has 0 heterocycles. The van der Waals surface area contributed by atoms with E-state index in [9.17, 15) is 23.1 Å². The number of carbonyl (C=O) groups is 1. The lowest BCUT2D eigenvalue weighted by molar-refractivity contribution is 0.0694. The first-order valence-corrected chi connectivity index (χ1v) is 8.39. The molecule has 132 valence electrons. The number of benzene rings is 2. The standard InChI is InChI=1S/C20H19F3O2/c1-11-5-7-12(8-6-11)18-14(3-2-4-15(18)20(24)25)13-9-16(21)19(23)17(22)10-13/h2-4,9-12H,5-8H2,1H3,(H,24,25)/t11-,12-. The second kappa shape index (κ2) is 6.90. The average Bonchev–Trinajstić information content (AvgIpc) is 2.59. The summed E-state index contributed by atoms with van der Waals surface area (Å²) in [5.41, 5.74) is 1.35. The lowest BCUT2D eigenvalue weighted by Gasteiger charge is -2.29. The van der Waals surface area contributed by atoms with Crippen molar-refractivity contribution in [2.75, 3.05) is 0 Å². The monoisotopic (exact) mass is 348 g/mol. The zero-order chi connectivity index (χ0) is 18.1. The van der Waals surface area contributed by atoms with Gasteiger partial charge in [0.25, 0.3) is 0 Å². The van der Waals surface area contributed by atoms with Crippen LogP contribution >= 0.6 is 0 Å². The van der Waals surface area contributed by atoms with Crippen LogP contribution in [0.25, 0.3) is 11.1 Å². The molecule has 0 unspecified atom stereocenters. The van der Waals surface area contributed by atoms with Gasteiger partial charge in [-0.05, 0) is 59.6 Å². The van der Waals surface area contributed by atoms with E-state index in [4.69, 9.17) is 0 Å². The molecule has 0 aromatic heterocycles. The Bertz CT molecular complexity index is 786. The molecule has 2 aromatic carbocycles. The van der Waals surface area contributed by atoms with Crippen molar-refractivity contribution in [3.63, 3.8) is 0 Å². The highest BCUT2D eigenvalue weighted by Gasteiger charge is 2.27. The van der Waals surface area contributed by atoms with Crippen LogP contribution in [0, 0.1) is 23.4 Å². The van der Waals surface area contributed by atoms with Crippen molar-refractivity contribution in [1.29, 1.82) is 0 Å². The predicted molar refractivity (Wildman–Crippen MR) is 89.1 cm³/mol. The van der Waals surface area contributed by atoms with Gasteiger partial charge < -0.3 is 5.11 Å². The molecular formula is C20H19F3O2. The van der Waals surface area contributed by atoms with E-state index in [2.05, 4.69) is 6.92 Å². The number of hydrogen-bond donors (Lipinski definition) is 1. The van der Waals surface area contributed by atoms with Crippen LogP contribution in [0.3, 0.4) is 0 Å². The van der Waals surface area contributed by atoms with E-state index < -0.39 is 23.4 Å². The Kier molecular flexibility index (Phi) is 4.84. The molecule has 0 aliphatic heterocycles. The minimum Gasteiger partial charge on any atom is -0.478 e. The molecule has 0 amide bonds. The van der Waals surface area contributed by atoms with Crippen molar-refractivity contribution in [2.24, 2.45) is 5.92 Å². The van der Waals surface area contributed by atoms with E-state index >= 15 is 0 Å². The quantitative estimate of drug-likeness (QED) is 0.716. The molecule has 5 heteroatoms. The van der Waals surface area contributed by atoms with E-state index in [1.165, 1.54) is 6.07 Å². The summed E-state index contributed by atoms with van der Waals surface area (Å²) in [6.45, 7) is 2.16. The van der Waals surface area contributed by atoms with E-state index in [0.717, 1.165) is 37.8 Å². The number of carboxylic acids is 1. The molecule has 3 rings (SSSR count). The summed E-state index contributed by atoms with van der Waals surface area (Å²) in [4.78, 5) is 11.7. The van der Waals surface area contributed by atoms with Crippen molar-refractivity contribution >= 4 is 5.97 Å². The molecule has 0 radical (unpaired) electrons. The first-order chi connectivity index (χ1) is 11.9. The van der Waals surface area contributed by atoms with E-state index in [-0.39, 0.29) is 17.0 Å². The van der Waals surface area contributed by atoms with E-state index in [1.54, 1.807) is 12.1 Å². The topological polar surface area (TPSA) is 37.3 Å². The average molecular weight is 348 g/mol. The normalized spacial score (nSPS) is 20.5. The Hall–Kier alpha value is -2.30. The van der Waals surface area contributed by atoms with Crippen molar-refractivity contribution in [3.8, 4) is 11.1 Å². The summed E-state index contributed by atoms with van der Waals surface area (Å²) < 4.78 is 40.6. The summed E-state index contributed by atoms with van der Waals surface area (Å²) in [6, 6.07) is 6.55. The largest absolute Gasteiger partial charge is 0.478 e. The first-order valence-electron chi connectivity index (χ1n) is 8.39. The molecule has 2 aromatic rings. The second-order valence-corrected chi connectivity index (χ2v) is 6.78. The van der Waals surface area contributed by atoms with Gasteiger partial charge in [-0.25, -0.2) is 18.0 Å². The summed E-state index contributed by atoms with van der Waals surface area (Å²) >= 11 is 0. The maximum atomic E-state index is 13.7. The Morgan fingerprint density at radius 3 is 2.20 bits per heavy atom. The molecule has 1 saturated carbocycles. The van der Waals surface area contributed by atoms with Crippen LogP contribution in [0.15, 0.2) is 30.3 Å². The summed E-state index contributed by atoms with van der Waals surface area (Å²) in [5, 5.41) is 9.56. The van der Waals surface area contributed by atoms with Crippen LogP contribution in [0.4, 0.5) is 13.2 Å². The molecule has 0 saturated heterocycles. The van der Waals surface area contributed by atoms with Crippen LogP contribution < -0.4 is 0 Å². The van der Waals surface area contributed by atoms with Gasteiger partial charge in [0.2, 0.25) is 0 Å². The third-order valence-corrected chi connectivity index (χ3v) is 5.06. The van der Waals surface area contributed by atoms with Crippen molar-refractivity contribution in [1.82, 2.24) is 0 Å². The van der Waals surface area contributed by atoms with Gasteiger partial charge in [0.1, 0.15) is 0 Å². The summed E-state index contributed by atoms with van der Waals surface area (Å²) in [5.74, 6) is -4.56. The van der Waals surface area contributed by atoms with Gasteiger partial charge in [0.05, 0.1) is 5.56 Å². The second-order valence-electron chi connectivity index (χ2n) is 6.78. The minimum absolute atomic E-state index is 0.00896. The fourth-order valence-electron chi connectivity index (χ4n) is 3.70. The first kappa shape index (κ1) is 17.5. The molecule has 1 aliphatic rings. The molecular weight excluding hydrogens is 329 g/mol. The lowest BCUT2D eigenvalue weighted by Crippen LogP contribution is -2.15. The van der Waals surface area contributed by atoms with Gasteiger partial charge in [-0.3, -0.25) is 0 Å². The van der Waals surface area contributed by atoms with Gasteiger partial charge in [0, 0.05) is 0 Å². The molecule has 1 aliphatic carbocycles. The van der Waals surface area contributed by atoms with Crippen LogP contribution in [-0.4, -0.2) is 11.1 Å². The number of aromatic carboxylic acids is 1. The SMILES string of the molecule is C[C@H]1CC[C@H](c2c(C(=O)O)cccc2-c2cc(F)c(F)c(F)c2)CC1. The Morgan fingerprint density at radius 1 is 1.04 bits per heavy atom. The fraction of sp³-hybridized carbons (Fsp3) is 0.350. The van der Waals surface area contributed by atoms with Crippen LogP contribution in [0.2, 0.25) is 0 Å². The Balaban J connectivity index is 2.17. The lowest BCUT2D eigenvalue weighted by atomic mass is 9.75. The molecule has 2 nitrogen and oxygen atoms in total. The molecule has 0 spiro atoms. The highest BCUT2D eigenvalue weighted by molar-refractivity contribution is 5.92. The van der Waals surface area contributed by atoms with Crippen molar-refractivity contribution < 1.29 is 23.1 Å². The Morgan fingerprint density at radius 2 is 1.64 bits per heavy atom. The molecule has 1 N–H and O–H groups in total. The number of halogens is 3. The summed E-state index contributed by atoms with van der Waals surface area (Å²) in [6.07, 6.45) is 3.60. The van der Waals surface area contributed by atoms with Crippen molar-refractivity contribution in [2.45, 2.75) is 38.5 Å². The smallest absolute Gasteiger partial charge is 0.335 e. The van der Waals surface area contributed by atoms with Gasteiger partial charge in [-0.15, -0.1) is 0 Å². The molecule has 0 atom stereocenters. The maximum Gasteiger partial charge on any atom is 0.335 e. The minimum atomic E-state index is -1.52. The zero-order valence-electron chi connectivity index (χ0n) is 13.9. The fourth-order valence-corrected chi connectivity index (χ4v) is 3.70. The molecule has 25 heavy (non-hydrogen) atoms. The summed E-state index contributed by atoms with van der Waals surface area (Å²) in [7, 11) is 0. The molecule has 0 bridgehead atoms.